The van der Waals surface area contributed by atoms with Gasteiger partial charge in [-0.2, -0.15) is 5.26 Å². The summed E-state index contributed by atoms with van der Waals surface area (Å²) in [4.78, 5) is 22.7. The van der Waals surface area contributed by atoms with Crippen molar-refractivity contribution in [3.63, 3.8) is 0 Å². The first-order valence-corrected chi connectivity index (χ1v) is 5.24. The van der Waals surface area contributed by atoms with Crippen molar-refractivity contribution in [2.24, 2.45) is 0 Å². The van der Waals surface area contributed by atoms with Gasteiger partial charge < -0.3 is 4.74 Å². The van der Waals surface area contributed by atoms with Gasteiger partial charge >= 0.3 is 5.97 Å². The number of carbonyl (C=O) groups is 2. The molecule has 1 aromatic carbocycles. The van der Waals surface area contributed by atoms with E-state index in [0.717, 1.165) is 7.11 Å². The number of hydrogen-bond donors (Lipinski definition) is 0. The highest BCUT2D eigenvalue weighted by Crippen LogP contribution is 2.31. The number of methoxy groups -OCH3 is 1. The normalized spacial score (nSPS) is 11.4. The van der Waals surface area contributed by atoms with Gasteiger partial charge in [0.1, 0.15) is 5.92 Å². The largest absolute Gasteiger partial charge is 0.463 e. The van der Waals surface area contributed by atoms with Gasteiger partial charge in [-0.3, -0.25) is 4.79 Å². The molecule has 0 aromatic heterocycles. The minimum atomic E-state index is -1.36. The second-order valence-corrected chi connectivity index (χ2v) is 3.87. The van der Waals surface area contributed by atoms with Gasteiger partial charge in [0, 0.05) is 15.6 Å². The third-order valence-corrected chi connectivity index (χ3v) is 2.73. The van der Waals surface area contributed by atoms with Gasteiger partial charge in [-0.05, 0) is 12.1 Å². The predicted molar refractivity (Wildman–Crippen MR) is 61.8 cm³/mol. The number of hydrogen-bond acceptors (Lipinski definition) is 4. The number of rotatable bonds is 3. The van der Waals surface area contributed by atoms with E-state index in [1.165, 1.54) is 12.1 Å². The molecule has 0 spiro atoms. The van der Waals surface area contributed by atoms with E-state index in [-0.39, 0.29) is 15.6 Å². The van der Waals surface area contributed by atoms with Crippen LogP contribution >= 0.6 is 23.2 Å². The molecule has 0 fully saturated rings. The monoisotopic (exact) mass is 271 g/mol. The molecular weight excluding hydrogens is 265 g/mol. The lowest BCUT2D eigenvalue weighted by Crippen LogP contribution is -2.23. The SMILES string of the molecule is COC(=O)C(=O)[C@@H](C#N)c1c(Cl)cccc1Cl. The molecule has 0 aliphatic rings. The standard InChI is InChI=1S/C11H7Cl2NO3/c1-17-11(16)10(15)6(5-14)9-7(12)3-2-4-8(9)13/h2-4,6H,1H3/t6-/m0/s1. The Morgan fingerprint density at radius 2 is 1.88 bits per heavy atom. The first kappa shape index (κ1) is 13.5. The number of esters is 1. The molecule has 0 amide bonds. The highest BCUT2D eigenvalue weighted by atomic mass is 35.5. The Kier molecular flexibility index (Phi) is 4.50. The third-order valence-electron chi connectivity index (χ3n) is 2.07. The van der Waals surface area contributed by atoms with E-state index in [2.05, 4.69) is 4.74 Å². The molecule has 4 nitrogen and oxygen atoms in total. The van der Waals surface area contributed by atoms with Crippen molar-refractivity contribution >= 4 is 35.0 Å². The molecule has 1 atom stereocenters. The van der Waals surface area contributed by atoms with Crippen molar-refractivity contribution in [2.75, 3.05) is 7.11 Å². The van der Waals surface area contributed by atoms with Crippen LogP contribution in [0.1, 0.15) is 11.5 Å². The minimum Gasteiger partial charge on any atom is -0.463 e. The van der Waals surface area contributed by atoms with Crippen LogP contribution < -0.4 is 0 Å². The number of nitriles is 1. The van der Waals surface area contributed by atoms with Crippen molar-refractivity contribution in [3.05, 3.63) is 33.8 Å². The van der Waals surface area contributed by atoms with Crippen LogP contribution in [0.15, 0.2) is 18.2 Å². The van der Waals surface area contributed by atoms with E-state index in [1.54, 1.807) is 12.1 Å². The van der Waals surface area contributed by atoms with E-state index in [9.17, 15) is 9.59 Å². The molecule has 6 heteroatoms. The van der Waals surface area contributed by atoms with Crippen LogP contribution in [-0.4, -0.2) is 18.9 Å². The molecule has 0 unspecified atom stereocenters. The second-order valence-electron chi connectivity index (χ2n) is 3.05. The maximum atomic E-state index is 11.6. The summed E-state index contributed by atoms with van der Waals surface area (Å²) >= 11 is 11.7. The first-order chi connectivity index (χ1) is 8.02. The minimum absolute atomic E-state index is 0.119. The zero-order valence-corrected chi connectivity index (χ0v) is 10.2. The highest BCUT2D eigenvalue weighted by Gasteiger charge is 2.30. The van der Waals surface area contributed by atoms with Crippen molar-refractivity contribution in [1.29, 1.82) is 5.26 Å². The summed E-state index contributed by atoms with van der Waals surface area (Å²) in [7, 11) is 1.06. The lowest BCUT2D eigenvalue weighted by atomic mass is 9.96. The number of nitrogens with zero attached hydrogens (tertiary/aromatic N) is 1. The Bertz CT molecular complexity index is 488. The summed E-state index contributed by atoms with van der Waals surface area (Å²) in [5.74, 6) is -3.46. The number of Topliss-reactive ketones (excluding diaryl/α,β-unsaturated/α-hetero) is 1. The van der Waals surface area contributed by atoms with Gasteiger partial charge in [0.2, 0.25) is 0 Å². The van der Waals surface area contributed by atoms with E-state index in [0.29, 0.717) is 0 Å². The van der Waals surface area contributed by atoms with Crippen LogP contribution in [0, 0.1) is 11.3 Å². The van der Waals surface area contributed by atoms with Crippen molar-refractivity contribution in [2.45, 2.75) is 5.92 Å². The Morgan fingerprint density at radius 3 is 2.29 bits per heavy atom. The maximum Gasteiger partial charge on any atom is 0.376 e. The smallest absolute Gasteiger partial charge is 0.376 e. The zero-order valence-electron chi connectivity index (χ0n) is 8.74. The lowest BCUT2D eigenvalue weighted by Gasteiger charge is -2.10. The van der Waals surface area contributed by atoms with Gasteiger partial charge in [-0.15, -0.1) is 0 Å². The van der Waals surface area contributed by atoms with Crippen LogP contribution in [0.25, 0.3) is 0 Å². The van der Waals surface area contributed by atoms with E-state index in [4.69, 9.17) is 28.5 Å². The highest BCUT2D eigenvalue weighted by molar-refractivity contribution is 6.40. The molecule has 0 heterocycles. The molecule has 1 aromatic rings. The average molecular weight is 272 g/mol. The fraction of sp³-hybridized carbons (Fsp3) is 0.182. The molecule has 1 rings (SSSR count). The number of halogens is 2. The van der Waals surface area contributed by atoms with Gasteiger partial charge in [0.25, 0.3) is 5.78 Å². The quantitative estimate of drug-likeness (QED) is 0.625. The Labute approximate surface area is 108 Å². The molecule has 0 radical (unpaired) electrons. The summed E-state index contributed by atoms with van der Waals surface area (Å²) in [6.07, 6.45) is 0. The summed E-state index contributed by atoms with van der Waals surface area (Å²) < 4.78 is 4.27. The average Bonchev–Trinajstić information content (AvgIpc) is 2.32. The van der Waals surface area contributed by atoms with Crippen LogP contribution in [0.5, 0.6) is 0 Å². The Hall–Kier alpha value is -1.57. The Balaban J connectivity index is 3.25. The second kappa shape index (κ2) is 5.67. The number of benzene rings is 1. The van der Waals surface area contributed by atoms with Crippen molar-refractivity contribution < 1.29 is 14.3 Å². The third kappa shape index (κ3) is 2.76. The van der Waals surface area contributed by atoms with Gasteiger partial charge in [0.15, 0.2) is 0 Å². The molecule has 0 N–H and O–H groups in total. The zero-order chi connectivity index (χ0) is 13.0. The lowest BCUT2D eigenvalue weighted by molar-refractivity contribution is -0.151. The molecule has 0 aliphatic carbocycles. The van der Waals surface area contributed by atoms with E-state index < -0.39 is 17.7 Å². The fourth-order valence-corrected chi connectivity index (χ4v) is 1.87. The van der Waals surface area contributed by atoms with Crippen molar-refractivity contribution in [1.82, 2.24) is 0 Å². The van der Waals surface area contributed by atoms with E-state index in [1.807, 2.05) is 0 Å². The van der Waals surface area contributed by atoms with Gasteiger partial charge in [0.05, 0.1) is 13.2 Å². The van der Waals surface area contributed by atoms with Crippen LogP contribution in [-0.2, 0) is 14.3 Å². The summed E-state index contributed by atoms with van der Waals surface area (Å²) in [5, 5.41) is 9.26. The molecule has 0 saturated heterocycles. The summed E-state index contributed by atoms with van der Waals surface area (Å²) in [5.41, 5.74) is 0.119. The van der Waals surface area contributed by atoms with Gasteiger partial charge in [-0.25, -0.2) is 4.79 Å². The number of ketones is 1. The number of carbonyl (C=O) groups excluding carboxylic acids is 2. The summed E-state index contributed by atoms with van der Waals surface area (Å²) in [6.45, 7) is 0. The first-order valence-electron chi connectivity index (χ1n) is 4.48. The van der Waals surface area contributed by atoms with E-state index >= 15 is 0 Å². The van der Waals surface area contributed by atoms with Gasteiger partial charge in [-0.1, -0.05) is 29.3 Å². The topological polar surface area (TPSA) is 67.2 Å². The molecule has 17 heavy (non-hydrogen) atoms. The molecule has 0 saturated carbocycles. The fourth-order valence-electron chi connectivity index (χ4n) is 1.26. The predicted octanol–water partition coefficient (Wildman–Crippen LogP) is 2.34. The van der Waals surface area contributed by atoms with Crippen molar-refractivity contribution in [3.8, 4) is 6.07 Å². The molecule has 0 aliphatic heterocycles. The summed E-state index contributed by atoms with van der Waals surface area (Å²) in [6, 6.07) is 6.24. The molecular formula is C11H7Cl2NO3. The van der Waals surface area contributed by atoms with Crippen LogP contribution in [0.3, 0.4) is 0 Å². The number of ether oxygens (including phenoxy) is 1. The van der Waals surface area contributed by atoms with Crippen LogP contribution in [0.2, 0.25) is 10.0 Å². The Morgan fingerprint density at radius 1 is 1.35 bits per heavy atom. The maximum absolute atomic E-state index is 11.6. The molecule has 0 bridgehead atoms. The van der Waals surface area contributed by atoms with Crippen LogP contribution in [0.4, 0.5) is 0 Å². The molecule has 88 valence electrons.